The van der Waals surface area contributed by atoms with E-state index in [2.05, 4.69) is 28.2 Å². The molecule has 0 bridgehead atoms. The van der Waals surface area contributed by atoms with E-state index in [9.17, 15) is 4.79 Å². The van der Waals surface area contributed by atoms with Crippen LogP contribution in [0, 0.1) is 0 Å². The van der Waals surface area contributed by atoms with Crippen LogP contribution in [0.25, 0.3) is 21.8 Å². The molecule has 0 saturated carbocycles. The fourth-order valence-corrected chi connectivity index (χ4v) is 2.62. The lowest BCUT2D eigenvalue weighted by Crippen LogP contribution is -2.32. The van der Waals surface area contributed by atoms with Gasteiger partial charge in [0, 0.05) is 35.2 Å². The first-order valence-corrected chi connectivity index (χ1v) is 7.70. The maximum absolute atomic E-state index is 10.6. The molecule has 0 aliphatic heterocycles. The molecule has 1 atom stereocenters. The Balaban J connectivity index is 0.000000159. The van der Waals surface area contributed by atoms with Crippen molar-refractivity contribution in [3.8, 4) is 0 Å². The summed E-state index contributed by atoms with van der Waals surface area (Å²) in [7, 11) is 0. The molecule has 5 nitrogen and oxygen atoms in total. The van der Waals surface area contributed by atoms with Gasteiger partial charge in [0.2, 0.25) is 0 Å². The number of aromatic nitrogens is 2. The van der Waals surface area contributed by atoms with Crippen molar-refractivity contribution < 1.29 is 9.90 Å². The minimum Gasteiger partial charge on any atom is -0.480 e. The van der Waals surface area contributed by atoms with Crippen LogP contribution in [-0.4, -0.2) is 27.1 Å². The number of carboxylic acid groups (broad SMARTS) is 1. The molecule has 0 aliphatic rings. The predicted molar refractivity (Wildman–Crippen MR) is 95.9 cm³/mol. The summed E-state index contributed by atoms with van der Waals surface area (Å²) in [6.07, 6.45) is 4.11. The van der Waals surface area contributed by atoms with E-state index >= 15 is 0 Å². The SMILES string of the molecule is N[C@@H](Cc1c[nH]c2ccccc12)C(=O)O.c1ccc2[nH]ccc2c1. The van der Waals surface area contributed by atoms with Gasteiger partial charge in [-0.1, -0.05) is 36.4 Å². The van der Waals surface area contributed by atoms with Crippen LogP contribution < -0.4 is 5.73 Å². The number of aromatic amines is 2. The van der Waals surface area contributed by atoms with Crippen LogP contribution in [-0.2, 0) is 11.2 Å². The van der Waals surface area contributed by atoms with Crippen LogP contribution in [0.1, 0.15) is 5.56 Å². The second-order valence-corrected chi connectivity index (χ2v) is 5.57. The third-order valence-electron chi connectivity index (χ3n) is 3.89. The zero-order chi connectivity index (χ0) is 16.9. The van der Waals surface area contributed by atoms with Crippen LogP contribution >= 0.6 is 0 Å². The molecule has 5 N–H and O–H groups in total. The van der Waals surface area contributed by atoms with E-state index in [0.717, 1.165) is 16.5 Å². The highest BCUT2D eigenvalue weighted by atomic mass is 16.4. The summed E-state index contributed by atoms with van der Waals surface area (Å²) in [5, 5.41) is 11.0. The molecule has 122 valence electrons. The number of hydrogen-bond acceptors (Lipinski definition) is 2. The second-order valence-electron chi connectivity index (χ2n) is 5.57. The minimum atomic E-state index is -0.972. The van der Waals surface area contributed by atoms with E-state index in [1.807, 2.05) is 48.8 Å². The molecule has 2 aromatic carbocycles. The lowest BCUT2D eigenvalue weighted by atomic mass is 10.1. The van der Waals surface area contributed by atoms with Gasteiger partial charge in [-0.15, -0.1) is 0 Å². The van der Waals surface area contributed by atoms with Gasteiger partial charge in [-0.05, 0) is 29.1 Å². The van der Waals surface area contributed by atoms with E-state index in [0.29, 0.717) is 6.42 Å². The minimum absolute atomic E-state index is 0.347. The molecule has 0 spiro atoms. The summed E-state index contributed by atoms with van der Waals surface area (Å²) in [5.41, 5.74) is 8.64. The number of H-pyrrole nitrogens is 2. The maximum Gasteiger partial charge on any atom is 0.320 e. The predicted octanol–water partition coefficient (Wildman–Crippen LogP) is 3.29. The molecule has 0 unspecified atom stereocenters. The highest BCUT2D eigenvalue weighted by Gasteiger charge is 2.14. The number of hydrogen-bond donors (Lipinski definition) is 4. The zero-order valence-electron chi connectivity index (χ0n) is 13.1. The average molecular weight is 321 g/mol. The van der Waals surface area contributed by atoms with Gasteiger partial charge in [0.25, 0.3) is 0 Å². The Morgan fingerprint density at radius 3 is 2.46 bits per heavy atom. The Morgan fingerprint density at radius 2 is 1.71 bits per heavy atom. The molecule has 4 aromatic rings. The average Bonchev–Trinajstić information content (AvgIpc) is 3.22. The molecule has 5 heteroatoms. The van der Waals surface area contributed by atoms with Crippen molar-refractivity contribution in [3.05, 3.63) is 72.6 Å². The number of fused-ring (bicyclic) bond motifs is 2. The van der Waals surface area contributed by atoms with Crippen molar-refractivity contribution >= 4 is 27.8 Å². The highest BCUT2D eigenvalue weighted by Crippen LogP contribution is 2.18. The van der Waals surface area contributed by atoms with Gasteiger partial charge >= 0.3 is 5.97 Å². The van der Waals surface area contributed by atoms with Gasteiger partial charge in [0.05, 0.1) is 0 Å². The molecule has 24 heavy (non-hydrogen) atoms. The monoisotopic (exact) mass is 321 g/mol. The van der Waals surface area contributed by atoms with Gasteiger partial charge in [0.1, 0.15) is 6.04 Å². The molecule has 0 radical (unpaired) electrons. The highest BCUT2D eigenvalue weighted by molar-refractivity contribution is 5.84. The Bertz CT molecular complexity index is 925. The number of nitrogens with one attached hydrogen (secondary N) is 2. The normalized spacial score (nSPS) is 11.9. The number of carboxylic acids is 1. The first-order chi connectivity index (χ1) is 11.6. The van der Waals surface area contributed by atoms with Crippen LogP contribution in [0.15, 0.2) is 67.0 Å². The molecule has 0 amide bonds. The molecule has 4 rings (SSSR count). The van der Waals surface area contributed by atoms with Gasteiger partial charge in [-0.25, -0.2) is 0 Å². The van der Waals surface area contributed by atoms with Crippen LogP contribution in [0.2, 0.25) is 0 Å². The Morgan fingerprint density at radius 1 is 1.00 bits per heavy atom. The largest absolute Gasteiger partial charge is 0.480 e. The quantitative estimate of drug-likeness (QED) is 0.466. The van der Waals surface area contributed by atoms with Crippen LogP contribution in [0.3, 0.4) is 0 Å². The fraction of sp³-hybridized carbons (Fsp3) is 0.105. The van der Waals surface area contributed by atoms with Crippen molar-refractivity contribution in [1.82, 2.24) is 9.97 Å². The summed E-state index contributed by atoms with van der Waals surface area (Å²) in [5.74, 6) is -0.972. The topological polar surface area (TPSA) is 94.9 Å². The summed E-state index contributed by atoms with van der Waals surface area (Å²) < 4.78 is 0. The number of carbonyl (C=O) groups is 1. The second kappa shape index (κ2) is 7.02. The number of para-hydroxylation sites is 2. The van der Waals surface area contributed by atoms with Crippen molar-refractivity contribution in [2.24, 2.45) is 5.73 Å². The zero-order valence-corrected chi connectivity index (χ0v) is 13.1. The fourth-order valence-electron chi connectivity index (χ4n) is 2.62. The van der Waals surface area contributed by atoms with E-state index in [4.69, 9.17) is 10.8 Å². The Hall–Kier alpha value is -3.05. The van der Waals surface area contributed by atoms with Gasteiger partial charge in [-0.3, -0.25) is 4.79 Å². The lowest BCUT2D eigenvalue weighted by molar-refractivity contribution is -0.138. The van der Waals surface area contributed by atoms with E-state index < -0.39 is 12.0 Å². The molecular weight excluding hydrogens is 302 g/mol. The summed E-state index contributed by atoms with van der Waals surface area (Å²) in [4.78, 5) is 16.8. The van der Waals surface area contributed by atoms with Gasteiger partial charge < -0.3 is 20.8 Å². The molecule has 0 saturated heterocycles. The van der Waals surface area contributed by atoms with Gasteiger partial charge in [-0.2, -0.15) is 0 Å². The number of rotatable bonds is 3. The number of benzene rings is 2. The summed E-state index contributed by atoms with van der Waals surface area (Å²) in [6, 6.07) is 17.2. The maximum atomic E-state index is 10.6. The molecule has 2 aromatic heterocycles. The van der Waals surface area contributed by atoms with Crippen LogP contribution in [0.4, 0.5) is 0 Å². The first kappa shape index (κ1) is 15.8. The van der Waals surface area contributed by atoms with Crippen molar-refractivity contribution in [3.63, 3.8) is 0 Å². The van der Waals surface area contributed by atoms with E-state index in [1.54, 1.807) is 0 Å². The smallest absolute Gasteiger partial charge is 0.320 e. The van der Waals surface area contributed by atoms with E-state index in [1.165, 1.54) is 10.9 Å². The molecule has 0 fully saturated rings. The van der Waals surface area contributed by atoms with Crippen molar-refractivity contribution in [2.75, 3.05) is 0 Å². The Labute approximate surface area is 139 Å². The Kier molecular flexibility index (Phi) is 4.63. The van der Waals surface area contributed by atoms with E-state index in [-0.39, 0.29) is 0 Å². The summed E-state index contributed by atoms with van der Waals surface area (Å²) >= 11 is 0. The van der Waals surface area contributed by atoms with Gasteiger partial charge in [0.15, 0.2) is 0 Å². The van der Waals surface area contributed by atoms with Crippen molar-refractivity contribution in [2.45, 2.75) is 12.5 Å². The van der Waals surface area contributed by atoms with Crippen molar-refractivity contribution in [1.29, 1.82) is 0 Å². The van der Waals surface area contributed by atoms with Crippen LogP contribution in [0.5, 0.6) is 0 Å². The number of nitrogens with two attached hydrogens (primary N) is 1. The standard InChI is InChI=1S/C11H12N2O2.C8H7N/c12-9(11(14)15)5-7-6-13-10-4-2-1-3-8(7)10;1-2-4-8-7(3-1)5-6-9-8/h1-4,6,9,13H,5,12H2,(H,14,15);1-6,9H/t9-;/m0./s1. The third-order valence-corrected chi connectivity index (χ3v) is 3.89. The molecule has 0 aliphatic carbocycles. The lowest BCUT2D eigenvalue weighted by Gasteiger charge is -2.04. The first-order valence-electron chi connectivity index (χ1n) is 7.70. The summed E-state index contributed by atoms with van der Waals surface area (Å²) in [6.45, 7) is 0. The molecular formula is C19H19N3O2. The number of aliphatic carboxylic acids is 1. The molecule has 2 heterocycles. The third kappa shape index (κ3) is 3.47.